The lowest BCUT2D eigenvalue weighted by atomic mass is 10.4. The standard InChI is InChI=1S/C4H2BrF3N2O/c5-3-10-9-2(11-3)1-4(6,7)8/h1H2. The minimum Gasteiger partial charge on any atom is -0.415 e. The predicted octanol–water partition coefficient (Wildman–Crippen LogP) is 1.94. The van der Waals surface area contributed by atoms with E-state index in [-0.39, 0.29) is 4.80 Å². The Morgan fingerprint density at radius 2 is 2.00 bits per heavy atom. The van der Waals surface area contributed by atoms with E-state index >= 15 is 0 Å². The van der Waals surface area contributed by atoms with Crippen LogP contribution in [0.3, 0.4) is 0 Å². The number of rotatable bonds is 1. The molecular weight excluding hydrogens is 229 g/mol. The van der Waals surface area contributed by atoms with Crippen molar-refractivity contribution in [2.75, 3.05) is 0 Å². The summed E-state index contributed by atoms with van der Waals surface area (Å²) in [5.74, 6) is -0.440. The first-order valence-corrected chi connectivity index (χ1v) is 3.31. The molecule has 0 atom stereocenters. The van der Waals surface area contributed by atoms with E-state index < -0.39 is 18.5 Å². The van der Waals surface area contributed by atoms with E-state index in [1.807, 2.05) is 0 Å². The molecule has 0 fully saturated rings. The topological polar surface area (TPSA) is 38.9 Å². The summed E-state index contributed by atoms with van der Waals surface area (Å²) in [6, 6.07) is 0. The van der Waals surface area contributed by atoms with Crippen molar-refractivity contribution in [3.63, 3.8) is 0 Å². The summed E-state index contributed by atoms with van der Waals surface area (Å²) in [5.41, 5.74) is 0. The van der Waals surface area contributed by atoms with Gasteiger partial charge in [-0.15, -0.1) is 10.2 Å². The number of aromatic nitrogens is 2. The average molecular weight is 231 g/mol. The van der Waals surface area contributed by atoms with Crippen molar-refractivity contribution in [3.05, 3.63) is 10.7 Å². The van der Waals surface area contributed by atoms with Crippen LogP contribution in [0.2, 0.25) is 0 Å². The van der Waals surface area contributed by atoms with Crippen molar-refractivity contribution in [3.8, 4) is 0 Å². The fourth-order valence-corrected chi connectivity index (χ4v) is 0.742. The molecule has 3 nitrogen and oxygen atoms in total. The second kappa shape index (κ2) is 2.80. The molecule has 7 heteroatoms. The predicted molar refractivity (Wildman–Crippen MR) is 31.8 cm³/mol. The Bertz CT molecular complexity index is 246. The fraction of sp³-hybridized carbons (Fsp3) is 0.500. The Balaban J connectivity index is 2.65. The lowest BCUT2D eigenvalue weighted by Gasteiger charge is -1.99. The van der Waals surface area contributed by atoms with Gasteiger partial charge < -0.3 is 4.42 Å². The highest BCUT2D eigenvalue weighted by Gasteiger charge is 2.30. The summed E-state index contributed by atoms with van der Waals surface area (Å²) in [6.07, 6.45) is -5.49. The molecule has 0 aliphatic heterocycles. The normalized spacial score (nSPS) is 12.0. The third-order valence-corrected chi connectivity index (χ3v) is 1.11. The molecule has 0 aliphatic carbocycles. The van der Waals surface area contributed by atoms with Crippen LogP contribution >= 0.6 is 15.9 Å². The first-order valence-electron chi connectivity index (χ1n) is 2.52. The monoisotopic (exact) mass is 230 g/mol. The van der Waals surface area contributed by atoms with Gasteiger partial charge in [0.05, 0.1) is 0 Å². The summed E-state index contributed by atoms with van der Waals surface area (Å²) in [6.45, 7) is 0. The third-order valence-electron chi connectivity index (χ3n) is 0.794. The van der Waals surface area contributed by atoms with Gasteiger partial charge in [-0.25, -0.2) is 0 Å². The number of nitrogens with zero attached hydrogens (tertiary/aromatic N) is 2. The van der Waals surface area contributed by atoms with E-state index in [2.05, 4.69) is 30.5 Å². The summed E-state index contributed by atoms with van der Waals surface area (Å²) >= 11 is 2.73. The summed E-state index contributed by atoms with van der Waals surface area (Å²) in [5, 5.41) is 6.32. The SMILES string of the molecule is FC(F)(F)Cc1nnc(Br)o1. The van der Waals surface area contributed by atoms with Gasteiger partial charge in [-0.2, -0.15) is 13.2 Å². The van der Waals surface area contributed by atoms with E-state index in [1.54, 1.807) is 0 Å². The lowest BCUT2D eigenvalue weighted by Crippen LogP contribution is -2.11. The van der Waals surface area contributed by atoms with Gasteiger partial charge in [-0.3, -0.25) is 0 Å². The van der Waals surface area contributed by atoms with Crippen LogP contribution < -0.4 is 0 Å². The van der Waals surface area contributed by atoms with Crippen LogP contribution in [0.4, 0.5) is 13.2 Å². The molecule has 0 saturated heterocycles. The largest absolute Gasteiger partial charge is 0.415 e. The van der Waals surface area contributed by atoms with Gasteiger partial charge in [0.25, 0.3) is 4.80 Å². The second-order valence-electron chi connectivity index (χ2n) is 1.74. The van der Waals surface area contributed by atoms with Crippen molar-refractivity contribution in [2.45, 2.75) is 12.6 Å². The van der Waals surface area contributed by atoms with E-state index in [1.165, 1.54) is 0 Å². The third kappa shape index (κ3) is 2.87. The Morgan fingerprint density at radius 1 is 1.36 bits per heavy atom. The molecule has 0 radical (unpaired) electrons. The van der Waals surface area contributed by atoms with Gasteiger partial charge in [-0.05, 0) is 0 Å². The molecule has 1 aromatic rings. The maximum atomic E-state index is 11.6. The maximum Gasteiger partial charge on any atom is 0.397 e. The minimum absolute atomic E-state index is 0.0447. The van der Waals surface area contributed by atoms with Gasteiger partial charge in [-0.1, -0.05) is 0 Å². The van der Waals surface area contributed by atoms with E-state index in [9.17, 15) is 13.2 Å². The van der Waals surface area contributed by atoms with Crippen molar-refractivity contribution in [1.29, 1.82) is 0 Å². The van der Waals surface area contributed by atoms with Gasteiger partial charge in [0.15, 0.2) is 0 Å². The fourth-order valence-electron chi connectivity index (χ4n) is 0.476. The average Bonchev–Trinajstić information content (AvgIpc) is 2.10. The van der Waals surface area contributed by atoms with Crippen LogP contribution in [0.25, 0.3) is 0 Å². The van der Waals surface area contributed by atoms with E-state index in [0.717, 1.165) is 0 Å². The van der Waals surface area contributed by atoms with Gasteiger partial charge in [0.1, 0.15) is 6.42 Å². The Kier molecular flexibility index (Phi) is 2.17. The number of hydrogen-bond acceptors (Lipinski definition) is 3. The molecule has 0 N–H and O–H groups in total. The Hall–Kier alpha value is -0.590. The summed E-state index contributed by atoms with van der Waals surface area (Å²) in [4.78, 5) is -0.0447. The molecule has 0 aromatic carbocycles. The molecule has 0 amide bonds. The minimum atomic E-state index is -4.30. The molecule has 0 spiro atoms. The van der Waals surface area contributed by atoms with Crippen molar-refractivity contribution >= 4 is 15.9 Å². The summed E-state index contributed by atoms with van der Waals surface area (Å²) in [7, 11) is 0. The highest BCUT2D eigenvalue weighted by molar-refractivity contribution is 9.10. The quantitative estimate of drug-likeness (QED) is 0.741. The Morgan fingerprint density at radius 3 is 2.36 bits per heavy atom. The van der Waals surface area contributed by atoms with Crippen LogP contribution in [-0.4, -0.2) is 16.4 Å². The van der Waals surface area contributed by atoms with Crippen LogP contribution in [0.15, 0.2) is 9.22 Å². The molecule has 62 valence electrons. The first-order chi connectivity index (χ1) is 4.97. The molecule has 0 saturated carbocycles. The van der Waals surface area contributed by atoms with Crippen LogP contribution in [0.1, 0.15) is 5.89 Å². The maximum absolute atomic E-state index is 11.6. The lowest BCUT2D eigenvalue weighted by molar-refractivity contribution is -0.130. The van der Waals surface area contributed by atoms with Crippen molar-refractivity contribution in [2.24, 2.45) is 0 Å². The summed E-state index contributed by atoms with van der Waals surface area (Å²) < 4.78 is 39.3. The van der Waals surface area contributed by atoms with Gasteiger partial charge in [0, 0.05) is 15.9 Å². The van der Waals surface area contributed by atoms with Crippen molar-refractivity contribution in [1.82, 2.24) is 10.2 Å². The molecule has 0 unspecified atom stereocenters. The first kappa shape index (κ1) is 8.51. The highest BCUT2D eigenvalue weighted by Crippen LogP contribution is 2.21. The zero-order valence-electron chi connectivity index (χ0n) is 5.02. The number of alkyl halides is 3. The zero-order valence-corrected chi connectivity index (χ0v) is 6.61. The molecule has 0 aliphatic rings. The molecule has 1 rings (SSSR count). The van der Waals surface area contributed by atoms with Crippen LogP contribution in [0.5, 0.6) is 0 Å². The number of halogens is 4. The molecule has 11 heavy (non-hydrogen) atoms. The molecule has 1 aromatic heterocycles. The van der Waals surface area contributed by atoms with Gasteiger partial charge >= 0.3 is 6.18 Å². The van der Waals surface area contributed by atoms with Gasteiger partial charge in [0.2, 0.25) is 5.89 Å². The van der Waals surface area contributed by atoms with Crippen LogP contribution in [0, 0.1) is 0 Å². The van der Waals surface area contributed by atoms with Crippen molar-refractivity contribution < 1.29 is 17.6 Å². The number of hydrogen-bond donors (Lipinski definition) is 0. The molecule has 1 heterocycles. The zero-order chi connectivity index (χ0) is 8.48. The second-order valence-corrected chi connectivity index (χ2v) is 2.42. The Labute approximate surface area is 67.7 Å². The van der Waals surface area contributed by atoms with E-state index in [4.69, 9.17) is 0 Å². The van der Waals surface area contributed by atoms with Crippen LogP contribution in [-0.2, 0) is 6.42 Å². The van der Waals surface area contributed by atoms with E-state index in [0.29, 0.717) is 0 Å². The molecule has 0 bridgehead atoms. The highest BCUT2D eigenvalue weighted by atomic mass is 79.9. The molecular formula is C4H2BrF3N2O. The smallest absolute Gasteiger partial charge is 0.397 e.